The molecule has 3 aromatic carbocycles. The second-order valence-corrected chi connectivity index (χ2v) is 7.91. The van der Waals surface area contributed by atoms with Gasteiger partial charge in [0.25, 0.3) is 0 Å². The topological polar surface area (TPSA) is 9.23 Å². The van der Waals surface area contributed by atoms with Crippen molar-refractivity contribution in [2.75, 3.05) is 6.61 Å². The van der Waals surface area contributed by atoms with Gasteiger partial charge in [0.05, 0.1) is 6.61 Å². The van der Waals surface area contributed by atoms with Gasteiger partial charge in [-0.15, -0.1) is 0 Å². The average Bonchev–Trinajstić information content (AvgIpc) is 2.63. The average molecular weight is 344 g/mol. The van der Waals surface area contributed by atoms with Crippen LogP contribution in [-0.4, -0.2) is 6.61 Å². The number of hydrogen-bond acceptors (Lipinski definition) is 1. The van der Waals surface area contributed by atoms with Crippen molar-refractivity contribution in [2.24, 2.45) is 0 Å². The van der Waals surface area contributed by atoms with Gasteiger partial charge in [0, 0.05) is 6.42 Å². The predicted molar refractivity (Wildman–Crippen MR) is 111 cm³/mol. The molecule has 26 heavy (non-hydrogen) atoms. The molecule has 0 amide bonds. The number of ether oxygens (including phenoxy) is 1. The maximum Gasteiger partial charge on any atom is 0.123 e. The smallest absolute Gasteiger partial charge is 0.123 e. The third-order valence-corrected chi connectivity index (χ3v) is 4.65. The fourth-order valence-electron chi connectivity index (χ4n) is 3.13. The zero-order valence-electron chi connectivity index (χ0n) is 16.3. The Morgan fingerprint density at radius 2 is 1.42 bits per heavy atom. The van der Waals surface area contributed by atoms with Crippen LogP contribution < -0.4 is 4.74 Å². The van der Waals surface area contributed by atoms with Crippen LogP contribution >= 0.6 is 0 Å². The molecule has 0 saturated heterocycles. The van der Waals surface area contributed by atoms with Gasteiger partial charge in [-0.25, -0.2) is 0 Å². The third-order valence-electron chi connectivity index (χ3n) is 4.65. The Hall–Kier alpha value is -2.54. The van der Waals surface area contributed by atoms with Crippen molar-refractivity contribution >= 4 is 0 Å². The SMILES string of the molecule is Cc1ccc(OCCc2ccc(-c3ccccc3)cc2)c(C(C)(C)C)c1. The summed E-state index contributed by atoms with van der Waals surface area (Å²) in [6.45, 7) is 9.52. The molecule has 0 aromatic heterocycles. The van der Waals surface area contributed by atoms with Crippen LogP contribution in [0.2, 0.25) is 0 Å². The first-order chi connectivity index (χ1) is 12.4. The highest BCUT2D eigenvalue weighted by Gasteiger charge is 2.19. The lowest BCUT2D eigenvalue weighted by molar-refractivity contribution is 0.313. The Bertz CT molecular complexity index is 840. The standard InChI is InChI=1S/C25H28O/c1-19-10-15-24(23(18-19)25(2,3)4)26-17-16-20-11-13-22(14-12-20)21-8-6-5-7-9-21/h5-15,18H,16-17H2,1-4H3. The monoisotopic (exact) mass is 344 g/mol. The van der Waals surface area contributed by atoms with Crippen molar-refractivity contribution in [2.45, 2.75) is 39.5 Å². The Labute approximate surface area is 157 Å². The van der Waals surface area contributed by atoms with Gasteiger partial charge in [-0.1, -0.05) is 93.1 Å². The summed E-state index contributed by atoms with van der Waals surface area (Å²) < 4.78 is 6.14. The number of hydrogen-bond donors (Lipinski definition) is 0. The summed E-state index contributed by atoms with van der Waals surface area (Å²) in [6, 6.07) is 25.7. The van der Waals surface area contributed by atoms with Crippen LogP contribution in [0.5, 0.6) is 5.75 Å². The molecule has 0 saturated carbocycles. The quantitative estimate of drug-likeness (QED) is 0.508. The van der Waals surface area contributed by atoms with Gasteiger partial charge in [0.2, 0.25) is 0 Å². The van der Waals surface area contributed by atoms with Crippen molar-refractivity contribution in [1.82, 2.24) is 0 Å². The zero-order valence-corrected chi connectivity index (χ0v) is 16.3. The van der Waals surface area contributed by atoms with Gasteiger partial charge >= 0.3 is 0 Å². The van der Waals surface area contributed by atoms with E-state index in [1.165, 1.54) is 27.8 Å². The summed E-state index contributed by atoms with van der Waals surface area (Å²) >= 11 is 0. The molecule has 0 aliphatic heterocycles. The molecule has 3 aromatic rings. The maximum atomic E-state index is 6.14. The minimum atomic E-state index is 0.0820. The lowest BCUT2D eigenvalue weighted by Crippen LogP contribution is -2.14. The van der Waals surface area contributed by atoms with Gasteiger partial charge in [-0.2, -0.15) is 0 Å². The molecule has 0 radical (unpaired) electrons. The first-order valence-electron chi connectivity index (χ1n) is 9.32. The predicted octanol–water partition coefficient (Wildman–Crippen LogP) is 6.58. The summed E-state index contributed by atoms with van der Waals surface area (Å²) in [5.41, 5.74) is 6.44. The molecule has 0 heterocycles. The summed E-state index contributed by atoms with van der Waals surface area (Å²) in [5, 5.41) is 0. The van der Waals surface area contributed by atoms with Gasteiger partial charge in [-0.3, -0.25) is 0 Å². The third kappa shape index (κ3) is 4.54. The van der Waals surface area contributed by atoms with Crippen LogP contribution in [0.25, 0.3) is 11.1 Å². The highest BCUT2D eigenvalue weighted by atomic mass is 16.5. The summed E-state index contributed by atoms with van der Waals surface area (Å²) in [6.07, 6.45) is 0.909. The molecule has 0 aliphatic rings. The molecule has 0 unspecified atom stereocenters. The van der Waals surface area contributed by atoms with Crippen molar-refractivity contribution in [3.8, 4) is 16.9 Å². The molecular weight excluding hydrogens is 316 g/mol. The van der Waals surface area contributed by atoms with Crippen molar-refractivity contribution in [1.29, 1.82) is 0 Å². The number of benzene rings is 3. The molecule has 0 atom stereocenters. The summed E-state index contributed by atoms with van der Waals surface area (Å²) in [7, 11) is 0. The van der Waals surface area contributed by atoms with Gasteiger partial charge in [0.15, 0.2) is 0 Å². The van der Waals surface area contributed by atoms with Crippen LogP contribution in [0.4, 0.5) is 0 Å². The van der Waals surface area contributed by atoms with Crippen LogP contribution in [0.3, 0.4) is 0 Å². The molecule has 0 aliphatic carbocycles. The Morgan fingerprint density at radius 1 is 0.769 bits per heavy atom. The van der Waals surface area contributed by atoms with Crippen LogP contribution in [0.1, 0.15) is 37.5 Å². The lowest BCUT2D eigenvalue weighted by Gasteiger charge is -2.23. The van der Waals surface area contributed by atoms with Gasteiger partial charge < -0.3 is 4.74 Å². The first-order valence-corrected chi connectivity index (χ1v) is 9.32. The molecule has 0 bridgehead atoms. The second kappa shape index (κ2) is 7.78. The molecule has 0 spiro atoms. The summed E-state index contributed by atoms with van der Waals surface area (Å²) in [5.74, 6) is 1.00. The first kappa shape index (κ1) is 18.3. The molecule has 1 heteroatoms. The van der Waals surface area contributed by atoms with Crippen LogP contribution in [0, 0.1) is 6.92 Å². The van der Waals surface area contributed by atoms with E-state index in [0.717, 1.165) is 12.2 Å². The van der Waals surface area contributed by atoms with Crippen molar-refractivity contribution < 1.29 is 4.74 Å². The van der Waals surface area contributed by atoms with E-state index in [1.54, 1.807) is 0 Å². The van der Waals surface area contributed by atoms with E-state index in [-0.39, 0.29) is 5.41 Å². The number of aryl methyl sites for hydroxylation is 1. The molecule has 134 valence electrons. The molecule has 0 N–H and O–H groups in total. The van der Waals surface area contributed by atoms with E-state index in [1.807, 2.05) is 6.07 Å². The van der Waals surface area contributed by atoms with E-state index >= 15 is 0 Å². The van der Waals surface area contributed by atoms with Crippen LogP contribution in [-0.2, 0) is 11.8 Å². The van der Waals surface area contributed by atoms with E-state index in [9.17, 15) is 0 Å². The molecule has 3 rings (SSSR count). The molecular formula is C25H28O. The lowest BCUT2D eigenvalue weighted by atomic mass is 9.85. The minimum Gasteiger partial charge on any atom is -0.493 e. The number of rotatable bonds is 5. The van der Waals surface area contributed by atoms with Crippen molar-refractivity contribution in [3.63, 3.8) is 0 Å². The van der Waals surface area contributed by atoms with E-state index < -0.39 is 0 Å². The Morgan fingerprint density at radius 3 is 2.08 bits per heavy atom. The minimum absolute atomic E-state index is 0.0820. The van der Waals surface area contributed by atoms with E-state index in [0.29, 0.717) is 6.61 Å². The zero-order chi connectivity index (χ0) is 18.6. The summed E-state index contributed by atoms with van der Waals surface area (Å²) in [4.78, 5) is 0. The molecule has 1 nitrogen and oxygen atoms in total. The normalized spacial score (nSPS) is 11.4. The molecule has 0 fully saturated rings. The second-order valence-electron chi connectivity index (χ2n) is 7.91. The Kier molecular flexibility index (Phi) is 5.46. The fraction of sp³-hybridized carbons (Fsp3) is 0.280. The van der Waals surface area contributed by atoms with Crippen molar-refractivity contribution in [3.05, 3.63) is 89.5 Å². The van der Waals surface area contributed by atoms with E-state index in [2.05, 4.69) is 94.4 Å². The van der Waals surface area contributed by atoms with E-state index in [4.69, 9.17) is 4.74 Å². The largest absolute Gasteiger partial charge is 0.493 e. The highest BCUT2D eigenvalue weighted by Crippen LogP contribution is 2.32. The van der Waals surface area contributed by atoms with Gasteiger partial charge in [-0.05, 0) is 40.7 Å². The fourth-order valence-corrected chi connectivity index (χ4v) is 3.13. The highest BCUT2D eigenvalue weighted by molar-refractivity contribution is 5.63. The maximum absolute atomic E-state index is 6.14. The van der Waals surface area contributed by atoms with Crippen LogP contribution in [0.15, 0.2) is 72.8 Å². The van der Waals surface area contributed by atoms with Gasteiger partial charge in [0.1, 0.15) is 5.75 Å². The Balaban J connectivity index is 1.64.